The van der Waals surface area contributed by atoms with E-state index in [0.717, 1.165) is 42.5 Å². The number of thioether (sulfide) groups is 1. The molecule has 1 aromatic heterocycles. The van der Waals surface area contributed by atoms with Gasteiger partial charge < -0.3 is 5.32 Å². The first-order valence-electron chi connectivity index (χ1n) is 6.40. The zero-order valence-corrected chi connectivity index (χ0v) is 12.2. The van der Waals surface area contributed by atoms with Gasteiger partial charge in [-0.3, -0.25) is 0 Å². The van der Waals surface area contributed by atoms with Crippen LogP contribution in [0.5, 0.6) is 0 Å². The van der Waals surface area contributed by atoms with Crippen molar-refractivity contribution in [3.8, 4) is 0 Å². The molecule has 0 aliphatic carbocycles. The second-order valence-electron chi connectivity index (χ2n) is 3.98. The topological polar surface area (TPSA) is 37.8 Å². The molecule has 0 aromatic carbocycles. The molecule has 0 spiro atoms. The zero-order chi connectivity index (χ0) is 12.7. The summed E-state index contributed by atoms with van der Waals surface area (Å²) < 4.78 is 0. The fourth-order valence-corrected chi connectivity index (χ4v) is 2.15. The van der Waals surface area contributed by atoms with Gasteiger partial charge in [-0.15, -0.1) is 0 Å². The van der Waals surface area contributed by atoms with Gasteiger partial charge in [0.2, 0.25) is 0 Å². The second-order valence-corrected chi connectivity index (χ2v) is 5.25. The van der Waals surface area contributed by atoms with Crippen LogP contribution in [0.15, 0.2) is 0 Å². The maximum atomic E-state index is 4.63. The molecule has 4 heteroatoms. The van der Waals surface area contributed by atoms with E-state index in [1.54, 1.807) is 0 Å². The first-order valence-corrected chi connectivity index (χ1v) is 7.56. The van der Waals surface area contributed by atoms with Crippen molar-refractivity contribution in [2.24, 2.45) is 0 Å². The van der Waals surface area contributed by atoms with E-state index in [-0.39, 0.29) is 0 Å². The summed E-state index contributed by atoms with van der Waals surface area (Å²) in [6.45, 7) is 9.55. The van der Waals surface area contributed by atoms with Crippen LogP contribution in [0.4, 0.5) is 5.82 Å². The fourth-order valence-electron chi connectivity index (χ4n) is 1.63. The number of hydrogen-bond acceptors (Lipinski definition) is 4. The molecule has 0 aliphatic heterocycles. The van der Waals surface area contributed by atoms with E-state index in [1.165, 1.54) is 11.3 Å². The lowest BCUT2D eigenvalue weighted by Crippen LogP contribution is -2.10. The SMILES string of the molecule is CCCNc1nc(CSCC)nc(CC)c1C. The predicted octanol–water partition coefficient (Wildman–Crippen LogP) is 3.42. The Hall–Kier alpha value is -0.770. The van der Waals surface area contributed by atoms with Crippen LogP contribution < -0.4 is 5.32 Å². The summed E-state index contributed by atoms with van der Waals surface area (Å²) in [6.07, 6.45) is 2.09. The molecule has 0 fully saturated rings. The Kier molecular flexibility index (Phi) is 6.34. The van der Waals surface area contributed by atoms with Crippen molar-refractivity contribution in [3.05, 3.63) is 17.1 Å². The first kappa shape index (κ1) is 14.3. The van der Waals surface area contributed by atoms with Gasteiger partial charge in [0.05, 0.1) is 5.75 Å². The molecule has 0 unspecified atom stereocenters. The predicted molar refractivity (Wildman–Crippen MR) is 76.8 cm³/mol. The minimum absolute atomic E-state index is 0.907. The summed E-state index contributed by atoms with van der Waals surface area (Å²) in [5.74, 6) is 3.99. The van der Waals surface area contributed by atoms with Gasteiger partial charge in [-0.05, 0) is 25.5 Å². The number of aromatic nitrogens is 2. The van der Waals surface area contributed by atoms with Gasteiger partial charge in [-0.25, -0.2) is 9.97 Å². The lowest BCUT2D eigenvalue weighted by atomic mass is 10.2. The molecule has 1 heterocycles. The maximum absolute atomic E-state index is 4.63. The molecule has 17 heavy (non-hydrogen) atoms. The van der Waals surface area contributed by atoms with Crippen LogP contribution in [0.25, 0.3) is 0 Å². The average molecular weight is 253 g/mol. The quantitative estimate of drug-likeness (QED) is 0.808. The number of hydrogen-bond donors (Lipinski definition) is 1. The molecule has 0 atom stereocenters. The summed E-state index contributed by atoms with van der Waals surface area (Å²) in [6, 6.07) is 0. The fraction of sp³-hybridized carbons (Fsp3) is 0.692. The average Bonchev–Trinajstić information content (AvgIpc) is 2.35. The van der Waals surface area contributed by atoms with Crippen LogP contribution in [0.1, 0.15) is 44.3 Å². The van der Waals surface area contributed by atoms with Crippen LogP contribution in [0.3, 0.4) is 0 Å². The number of rotatable bonds is 7. The molecule has 3 nitrogen and oxygen atoms in total. The molecule has 1 rings (SSSR count). The Morgan fingerprint density at radius 2 is 1.94 bits per heavy atom. The van der Waals surface area contributed by atoms with E-state index < -0.39 is 0 Å². The monoisotopic (exact) mass is 253 g/mol. The smallest absolute Gasteiger partial charge is 0.140 e. The van der Waals surface area contributed by atoms with Crippen molar-refractivity contribution in [2.45, 2.75) is 46.3 Å². The van der Waals surface area contributed by atoms with Gasteiger partial charge >= 0.3 is 0 Å². The number of nitrogens with zero attached hydrogens (tertiary/aromatic N) is 2. The van der Waals surface area contributed by atoms with Gasteiger partial charge in [-0.1, -0.05) is 20.8 Å². The third-order valence-corrected chi connectivity index (χ3v) is 3.48. The van der Waals surface area contributed by atoms with E-state index >= 15 is 0 Å². The van der Waals surface area contributed by atoms with Crippen molar-refractivity contribution in [1.82, 2.24) is 9.97 Å². The van der Waals surface area contributed by atoms with E-state index in [4.69, 9.17) is 0 Å². The lowest BCUT2D eigenvalue weighted by Gasteiger charge is -2.12. The van der Waals surface area contributed by atoms with Crippen LogP contribution in [-0.4, -0.2) is 22.3 Å². The number of nitrogens with one attached hydrogen (secondary N) is 1. The number of aryl methyl sites for hydroxylation is 1. The molecule has 0 bridgehead atoms. The normalized spacial score (nSPS) is 10.6. The molecular formula is C13H23N3S. The highest BCUT2D eigenvalue weighted by Gasteiger charge is 2.09. The van der Waals surface area contributed by atoms with Crippen LogP contribution in [0, 0.1) is 6.92 Å². The standard InChI is InChI=1S/C13H23N3S/c1-5-8-14-13-10(4)11(6-2)15-12(16-13)9-17-7-3/h5-9H2,1-4H3,(H,14,15,16). The molecule has 0 saturated heterocycles. The summed E-state index contributed by atoms with van der Waals surface area (Å²) in [4.78, 5) is 9.24. The van der Waals surface area contributed by atoms with Crippen molar-refractivity contribution in [1.29, 1.82) is 0 Å². The highest BCUT2D eigenvalue weighted by atomic mass is 32.2. The minimum Gasteiger partial charge on any atom is -0.370 e. The maximum Gasteiger partial charge on any atom is 0.140 e. The summed E-state index contributed by atoms with van der Waals surface area (Å²) in [5, 5.41) is 3.39. The Labute approximate surface area is 109 Å². The third kappa shape index (κ3) is 4.19. The van der Waals surface area contributed by atoms with E-state index in [1.807, 2.05) is 11.8 Å². The van der Waals surface area contributed by atoms with Crippen molar-refractivity contribution in [2.75, 3.05) is 17.6 Å². The lowest BCUT2D eigenvalue weighted by molar-refractivity contribution is 0.899. The molecule has 96 valence electrons. The molecular weight excluding hydrogens is 230 g/mol. The van der Waals surface area contributed by atoms with Gasteiger partial charge in [0, 0.05) is 17.8 Å². The van der Waals surface area contributed by atoms with Crippen LogP contribution in [0.2, 0.25) is 0 Å². The summed E-state index contributed by atoms with van der Waals surface area (Å²) >= 11 is 1.87. The van der Waals surface area contributed by atoms with Gasteiger partial charge in [-0.2, -0.15) is 11.8 Å². The van der Waals surface area contributed by atoms with E-state index in [0.29, 0.717) is 0 Å². The molecule has 0 saturated carbocycles. The second kappa shape index (κ2) is 7.54. The summed E-state index contributed by atoms with van der Waals surface area (Å²) in [5.41, 5.74) is 2.37. The molecule has 0 amide bonds. The Balaban J connectivity index is 2.92. The number of anilines is 1. The third-order valence-electron chi connectivity index (χ3n) is 2.61. The minimum atomic E-state index is 0.907. The van der Waals surface area contributed by atoms with Crippen LogP contribution in [-0.2, 0) is 12.2 Å². The summed E-state index contributed by atoms with van der Waals surface area (Å²) in [7, 11) is 0. The van der Waals surface area contributed by atoms with Crippen molar-refractivity contribution >= 4 is 17.6 Å². The molecule has 1 N–H and O–H groups in total. The van der Waals surface area contributed by atoms with Crippen LogP contribution >= 0.6 is 11.8 Å². The van der Waals surface area contributed by atoms with E-state index in [9.17, 15) is 0 Å². The Morgan fingerprint density at radius 1 is 1.18 bits per heavy atom. The highest BCUT2D eigenvalue weighted by molar-refractivity contribution is 7.98. The first-order chi connectivity index (χ1) is 8.22. The highest BCUT2D eigenvalue weighted by Crippen LogP contribution is 2.18. The Morgan fingerprint density at radius 3 is 2.53 bits per heavy atom. The van der Waals surface area contributed by atoms with Gasteiger partial charge in [0.1, 0.15) is 11.6 Å². The largest absolute Gasteiger partial charge is 0.370 e. The zero-order valence-electron chi connectivity index (χ0n) is 11.3. The van der Waals surface area contributed by atoms with Crippen molar-refractivity contribution in [3.63, 3.8) is 0 Å². The van der Waals surface area contributed by atoms with Gasteiger partial charge in [0.15, 0.2) is 0 Å². The van der Waals surface area contributed by atoms with E-state index in [2.05, 4.69) is 43.0 Å². The Bertz CT molecular complexity index is 353. The molecule has 0 radical (unpaired) electrons. The van der Waals surface area contributed by atoms with Crippen molar-refractivity contribution < 1.29 is 0 Å². The molecule has 0 aliphatic rings. The van der Waals surface area contributed by atoms with Gasteiger partial charge in [0.25, 0.3) is 0 Å². The molecule has 1 aromatic rings.